The second kappa shape index (κ2) is 3.18. The van der Waals surface area contributed by atoms with Crippen molar-refractivity contribution < 1.29 is 5.21 Å². The lowest BCUT2D eigenvalue weighted by molar-refractivity contribution is 0.313. The van der Waals surface area contributed by atoms with E-state index in [1.54, 1.807) is 23.3 Å². The van der Waals surface area contributed by atoms with Crippen molar-refractivity contribution in [3.63, 3.8) is 0 Å². The number of nitrogens with zero attached hydrogens (tertiary/aromatic N) is 3. The second-order valence-electron chi connectivity index (χ2n) is 2.58. The molecule has 4 heteroatoms. The van der Waals surface area contributed by atoms with Crippen LogP contribution in [0.2, 0.25) is 0 Å². The molecule has 1 heterocycles. The molecular formula is C7H11N3O. The highest BCUT2D eigenvalue weighted by Gasteiger charge is 2.06. The van der Waals surface area contributed by atoms with E-state index < -0.39 is 0 Å². The van der Waals surface area contributed by atoms with Gasteiger partial charge < -0.3 is 5.21 Å². The normalized spacial score (nSPS) is 12.5. The Kier molecular flexibility index (Phi) is 2.25. The van der Waals surface area contributed by atoms with Crippen molar-refractivity contribution in [3.8, 4) is 0 Å². The van der Waals surface area contributed by atoms with Crippen LogP contribution in [-0.2, 0) is 0 Å². The van der Waals surface area contributed by atoms with Gasteiger partial charge >= 0.3 is 0 Å². The van der Waals surface area contributed by atoms with E-state index in [4.69, 9.17) is 5.21 Å². The molecule has 0 spiro atoms. The Hall–Kier alpha value is -1.32. The van der Waals surface area contributed by atoms with E-state index in [0.717, 1.165) is 0 Å². The van der Waals surface area contributed by atoms with Crippen molar-refractivity contribution >= 4 is 5.84 Å². The zero-order valence-electron chi connectivity index (χ0n) is 6.60. The molecule has 0 aromatic carbocycles. The van der Waals surface area contributed by atoms with E-state index in [-0.39, 0.29) is 5.92 Å². The SMILES string of the molecule is CC(C)C(=NO)n1ccnc1. The predicted molar refractivity (Wildman–Crippen MR) is 41.7 cm³/mol. The van der Waals surface area contributed by atoms with Crippen molar-refractivity contribution in [2.45, 2.75) is 13.8 Å². The van der Waals surface area contributed by atoms with Gasteiger partial charge in [-0.1, -0.05) is 19.0 Å². The average Bonchev–Trinajstić information content (AvgIpc) is 2.40. The summed E-state index contributed by atoms with van der Waals surface area (Å²) >= 11 is 0. The van der Waals surface area contributed by atoms with Crippen LogP contribution in [0.4, 0.5) is 0 Å². The summed E-state index contributed by atoms with van der Waals surface area (Å²) in [5.41, 5.74) is 0. The highest BCUT2D eigenvalue weighted by Crippen LogP contribution is 1.99. The molecule has 0 saturated carbocycles. The minimum absolute atomic E-state index is 0.189. The maximum atomic E-state index is 8.61. The maximum absolute atomic E-state index is 8.61. The summed E-state index contributed by atoms with van der Waals surface area (Å²) in [6.07, 6.45) is 5.00. The van der Waals surface area contributed by atoms with Crippen LogP contribution < -0.4 is 0 Å². The molecule has 1 aromatic rings. The van der Waals surface area contributed by atoms with Crippen molar-refractivity contribution in [3.05, 3.63) is 18.7 Å². The molecule has 0 atom stereocenters. The van der Waals surface area contributed by atoms with Crippen LogP contribution in [0.3, 0.4) is 0 Å². The molecule has 0 aliphatic rings. The molecule has 0 unspecified atom stereocenters. The van der Waals surface area contributed by atoms with Gasteiger partial charge in [0.15, 0.2) is 5.84 Å². The Morgan fingerprint density at radius 2 is 2.36 bits per heavy atom. The van der Waals surface area contributed by atoms with E-state index in [0.29, 0.717) is 5.84 Å². The first-order valence-electron chi connectivity index (χ1n) is 3.46. The lowest BCUT2D eigenvalue weighted by Crippen LogP contribution is -2.16. The van der Waals surface area contributed by atoms with Crippen LogP contribution in [0, 0.1) is 5.92 Å². The molecule has 1 rings (SSSR count). The zero-order valence-corrected chi connectivity index (χ0v) is 6.60. The Morgan fingerprint density at radius 3 is 2.73 bits per heavy atom. The van der Waals surface area contributed by atoms with Gasteiger partial charge in [-0.25, -0.2) is 4.98 Å². The molecule has 4 nitrogen and oxygen atoms in total. The third-order valence-electron chi connectivity index (χ3n) is 1.39. The van der Waals surface area contributed by atoms with E-state index in [2.05, 4.69) is 10.1 Å². The second-order valence-corrected chi connectivity index (χ2v) is 2.58. The number of imidazole rings is 1. The summed E-state index contributed by atoms with van der Waals surface area (Å²) < 4.78 is 1.69. The van der Waals surface area contributed by atoms with E-state index in [1.165, 1.54) is 0 Å². The largest absolute Gasteiger partial charge is 0.409 e. The van der Waals surface area contributed by atoms with Crippen LogP contribution in [0.5, 0.6) is 0 Å². The molecule has 1 aromatic heterocycles. The number of aromatic nitrogens is 2. The Bertz CT molecular complexity index is 238. The first-order valence-corrected chi connectivity index (χ1v) is 3.46. The molecular weight excluding hydrogens is 142 g/mol. The monoisotopic (exact) mass is 153 g/mol. The third kappa shape index (κ3) is 1.58. The van der Waals surface area contributed by atoms with Gasteiger partial charge in [-0.05, 0) is 0 Å². The number of rotatable bonds is 1. The van der Waals surface area contributed by atoms with Crippen molar-refractivity contribution in [1.82, 2.24) is 9.55 Å². The fourth-order valence-electron chi connectivity index (χ4n) is 0.860. The molecule has 1 N–H and O–H groups in total. The quantitative estimate of drug-likeness (QED) is 0.285. The van der Waals surface area contributed by atoms with Gasteiger partial charge in [0.25, 0.3) is 0 Å². The number of oxime groups is 1. The van der Waals surface area contributed by atoms with E-state index in [1.807, 2.05) is 13.8 Å². The Labute approximate surface area is 65.2 Å². The van der Waals surface area contributed by atoms with Gasteiger partial charge in [0.2, 0.25) is 0 Å². The van der Waals surface area contributed by atoms with Crippen molar-refractivity contribution in [1.29, 1.82) is 0 Å². The summed E-state index contributed by atoms with van der Waals surface area (Å²) in [5, 5.41) is 11.8. The third-order valence-corrected chi connectivity index (χ3v) is 1.39. The molecule has 0 amide bonds. The molecule has 0 bridgehead atoms. The minimum Gasteiger partial charge on any atom is -0.409 e. The van der Waals surface area contributed by atoms with Gasteiger partial charge in [0.1, 0.15) is 6.33 Å². The van der Waals surface area contributed by atoms with Gasteiger partial charge in [-0.3, -0.25) is 4.57 Å². The fourth-order valence-corrected chi connectivity index (χ4v) is 0.860. The zero-order chi connectivity index (χ0) is 8.27. The summed E-state index contributed by atoms with van der Waals surface area (Å²) in [6, 6.07) is 0. The van der Waals surface area contributed by atoms with Crippen LogP contribution >= 0.6 is 0 Å². The summed E-state index contributed by atoms with van der Waals surface area (Å²) in [5.74, 6) is 0.789. The van der Waals surface area contributed by atoms with Crippen LogP contribution in [0.25, 0.3) is 0 Å². The molecule has 0 aliphatic heterocycles. The Morgan fingerprint density at radius 1 is 1.64 bits per heavy atom. The Balaban J connectivity index is 2.90. The van der Waals surface area contributed by atoms with E-state index in [9.17, 15) is 0 Å². The van der Waals surface area contributed by atoms with Crippen LogP contribution in [0.1, 0.15) is 13.8 Å². The lowest BCUT2D eigenvalue weighted by Gasteiger charge is -2.06. The van der Waals surface area contributed by atoms with Crippen LogP contribution in [0.15, 0.2) is 23.9 Å². The first-order chi connectivity index (χ1) is 5.25. The van der Waals surface area contributed by atoms with E-state index >= 15 is 0 Å². The average molecular weight is 153 g/mol. The van der Waals surface area contributed by atoms with Gasteiger partial charge in [-0.15, -0.1) is 0 Å². The molecule has 60 valence electrons. The van der Waals surface area contributed by atoms with Gasteiger partial charge in [0.05, 0.1) is 0 Å². The topological polar surface area (TPSA) is 50.4 Å². The van der Waals surface area contributed by atoms with Gasteiger partial charge in [-0.2, -0.15) is 0 Å². The molecule has 11 heavy (non-hydrogen) atoms. The first kappa shape index (κ1) is 7.78. The smallest absolute Gasteiger partial charge is 0.156 e. The standard InChI is InChI=1S/C7H11N3O/c1-6(2)7(9-11)10-4-3-8-5-10/h3-6,11H,1-2H3. The molecule has 0 radical (unpaired) electrons. The number of hydrogen-bond acceptors (Lipinski definition) is 3. The van der Waals surface area contributed by atoms with Crippen molar-refractivity contribution in [2.75, 3.05) is 0 Å². The van der Waals surface area contributed by atoms with Gasteiger partial charge in [0, 0.05) is 18.3 Å². The van der Waals surface area contributed by atoms with Crippen molar-refractivity contribution in [2.24, 2.45) is 11.1 Å². The highest BCUT2D eigenvalue weighted by molar-refractivity contribution is 5.85. The summed E-state index contributed by atoms with van der Waals surface area (Å²) in [7, 11) is 0. The summed E-state index contributed by atoms with van der Waals surface area (Å²) in [6.45, 7) is 3.91. The lowest BCUT2D eigenvalue weighted by atomic mass is 10.2. The molecule has 0 saturated heterocycles. The highest BCUT2D eigenvalue weighted by atomic mass is 16.4. The summed E-state index contributed by atoms with van der Waals surface area (Å²) in [4.78, 5) is 3.84. The van der Waals surface area contributed by atoms with Crippen LogP contribution in [-0.4, -0.2) is 20.6 Å². The number of hydrogen-bond donors (Lipinski definition) is 1. The molecule has 0 fully saturated rings. The fraction of sp³-hybridized carbons (Fsp3) is 0.429. The maximum Gasteiger partial charge on any atom is 0.156 e. The predicted octanol–water partition coefficient (Wildman–Crippen LogP) is 1.17. The molecule has 0 aliphatic carbocycles. The minimum atomic E-state index is 0.189.